The lowest BCUT2D eigenvalue weighted by molar-refractivity contribution is 0.181. The van der Waals surface area contributed by atoms with Gasteiger partial charge in [0.05, 0.1) is 0 Å². The zero-order valence-electron chi connectivity index (χ0n) is 12.3. The van der Waals surface area contributed by atoms with Gasteiger partial charge in [0, 0.05) is 0 Å². The number of piperidine rings is 1. The Labute approximate surface area is 108 Å². The summed E-state index contributed by atoms with van der Waals surface area (Å²) in [5.74, 6) is 1.84. The Morgan fingerprint density at radius 1 is 1.24 bits per heavy atom. The summed E-state index contributed by atoms with van der Waals surface area (Å²) in [4.78, 5) is 2.66. The lowest BCUT2D eigenvalue weighted by Crippen LogP contribution is -2.34. The molecule has 0 aromatic rings. The van der Waals surface area contributed by atoms with Crippen molar-refractivity contribution in [3.8, 4) is 0 Å². The number of nitrogens with zero attached hydrogens (tertiary/aromatic N) is 1. The Kier molecular flexibility index (Phi) is 6.87. The molecule has 1 heterocycles. The smallest absolute Gasteiger partial charge is 0.00162 e. The van der Waals surface area contributed by atoms with Crippen molar-refractivity contribution in [1.82, 2.24) is 4.90 Å². The van der Waals surface area contributed by atoms with Crippen LogP contribution < -0.4 is 0 Å². The van der Waals surface area contributed by atoms with Crippen LogP contribution in [0.4, 0.5) is 0 Å². The molecule has 0 aliphatic carbocycles. The monoisotopic (exact) mass is 237 g/mol. The molecular weight excluding hydrogens is 206 g/mol. The highest BCUT2D eigenvalue weighted by molar-refractivity contribution is 4.92. The molecule has 1 saturated heterocycles. The Morgan fingerprint density at radius 2 is 1.88 bits per heavy atom. The highest BCUT2D eigenvalue weighted by Crippen LogP contribution is 2.18. The van der Waals surface area contributed by atoms with Gasteiger partial charge in [-0.2, -0.15) is 0 Å². The minimum Gasteiger partial charge on any atom is -0.303 e. The third kappa shape index (κ3) is 6.88. The normalized spacial score (nSPS) is 20.2. The molecule has 0 aromatic heterocycles. The number of rotatable bonds is 6. The Hall–Kier alpha value is -0.300. The third-order valence-corrected chi connectivity index (χ3v) is 4.03. The van der Waals surface area contributed by atoms with E-state index in [1.54, 1.807) is 0 Å². The van der Waals surface area contributed by atoms with Crippen molar-refractivity contribution in [1.29, 1.82) is 0 Å². The van der Waals surface area contributed by atoms with Crippen LogP contribution in [0, 0.1) is 11.8 Å². The number of hydrogen-bond donors (Lipinski definition) is 0. The van der Waals surface area contributed by atoms with Crippen molar-refractivity contribution < 1.29 is 0 Å². The van der Waals surface area contributed by atoms with Crippen LogP contribution in [-0.2, 0) is 0 Å². The van der Waals surface area contributed by atoms with Gasteiger partial charge < -0.3 is 4.90 Å². The molecule has 0 N–H and O–H groups in total. The van der Waals surface area contributed by atoms with Crippen LogP contribution in [0.25, 0.3) is 0 Å². The standard InChI is InChI=1S/C16H31N/c1-14(2)6-5-7-15(3)8-11-17-12-9-16(4)10-13-17/h6,15-16H,5,7-13H2,1-4H3. The molecule has 1 atom stereocenters. The predicted molar refractivity (Wildman–Crippen MR) is 77.3 cm³/mol. The van der Waals surface area contributed by atoms with Crippen molar-refractivity contribution >= 4 is 0 Å². The fraction of sp³-hybridized carbons (Fsp3) is 0.875. The van der Waals surface area contributed by atoms with Crippen molar-refractivity contribution in [3.63, 3.8) is 0 Å². The van der Waals surface area contributed by atoms with Crippen LogP contribution in [-0.4, -0.2) is 24.5 Å². The maximum Gasteiger partial charge on any atom is -0.00162 e. The number of hydrogen-bond acceptors (Lipinski definition) is 1. The van der Waals surface area contributed by atoms with E-state index < -0.39 is 0 Å². The largest absolute Gasteiger partial charge is 0.303 e. The molecule has 1 heteroatoms. The summed E-state index contributed by atoms with van der Waals surface area (Å²) in [5, 5.41) is 0. The average Bonchev–Trinajstić information content (AvgIpc) is 2.28. The highest BCUT2D eigenvalue weighted by Gasteiger charge is 2.15. The molecule has 17 heavy (non-hydrogen) atoms. The summed E-state index contributed by atoms with van der Waals surface area (Å²) in [6.45, 7) is 13.2. The van der Waals surface area contributed by atoms with Crippen LogP contribution in [0.15, 0.2) is 11.6 Å². The van der Waals surface area contributed by atoms with Gasteiger partial charge in [-0.25, -0.2) is 0 Å². The van der Waals surface area contributed by atoms with E-state index in [1.165, 1.54) is 57.3 Å². The van der Waals surface area contributed by atoms with Crippen LogP contribution in [0.1, 0.15) is 59.8 Å². The summed E-state index contributed by atoms with van der Waals surface area (Å²) in [5.41, 5.74) is 1.46. The zero-order chi connectivity index (χ0) is 12.7. The molecule has 0 amide bonds. The molecule has 1 aliphatic heterocycles. The van der Waals surface area contributed by atoms with Crippen molar-refractivity contribution in [2.24, 2.45) is 11.8 Å². The Bertz CT molecular complexity index is 220. The van der Waals surface area contributed by atoms with Gasteiger partial charge in [-0.05, 0) is 77.4 Å². The zero-order valence-corrected chi connectivity index (χ0v) is 12.3. The first kappa shape index (κ1) is 14.8. The lowest BCUT2D eigenvalue weighted by Gasteiger charge is -2.30. The van der Waals surface area contributed by atoms with Gasteiger partial charge in [-0.15, -0.1) is 0 Å². The summed E-state index contributed by atoms with van der Waals surface area (Å²) in [6, 6.07) is 0. The van der Waals surface area contributed by atoms with Crippen LogP contribution in [0.5, 0.6) is 0 Å². The fourth-order valence-electron chi connectivity index (χ4n) is 2.49. The predicted octanol–water partition coefficient (Wildman–Crippen LogP) is 4.49. The van der Waals surface area contributed by atoms with E-state index in [0.29, 0.717) is 0 Å². The van der Waals surface area contributed by atoms with Gasteiger partial charge in [0.2, 0.25) is 0 Å². The first-order valence-corrected chi connectivity index (χ1v) is 7.43. The van der Waals surface area contributed by atoms with E-state index in [0.717, 1.165) is 11.8 Å². The quantitative estimate of drug-likeness (QED) is 0.615. The first-order chi connectivity index (χ1) is 8.08. The van der Waals surface area contributed by atoms with E-state index in [9.17, 15) is 0 Å². The third-order valence-electron chi connectivity index (χ3n) is 4.03. The second kappa shape index (κ2) is 7.92. The highest BCUT2D eigenvalue weighted by atomic mass is 15.1. The van der Waals surface area contributed by atoms with Gasteiger partial charge in [0.25, 0.3) is 0 Å². The molecule has 0 bridgehead atoms. The van der Waals surface area contributed by atoms with Gasteiger partial charge in [-0.3, -0.25) is 0 Å². The molecule has 0 spiro atoms. The summed E-state index contributed by atoms with van der Waals surface area (Å²) in [7, 11) is 0. The first-order valence-electron chi connectivity index (χ1n) is 7.43. The van der Waals surface area contributed by atoms with Crippen molar-refractivity contribution in [2.45, 2.75) is 59.8 Å². The summed E-state index contributed by atoms with van der Waals surface area (Å²) < 4.78 is 0. The maximum atomic E-state index is 2.66. The molecule has 1 nitrogen and oxygen atoms in total. The average molecular weight is 237 g/mol. The second-order valence-electron chi connectivity index (χ2n) is 6.28. The van der Waals surface area contributed by atoms with E-state index in [2.05, 4.69) is 38.7 Å². The second-order valence-corrected chi connectivity index (χ2v) is 6.28. The number of allylic oxidation sites excluding steroid dienone is 2. The van der Waals surface area contributed by atoms with Gasteiger partial charge in [0.15, 0.2) is 0 Å². The van der Waals surface area contributed by atoms with Gasteiger partial charge >= 0.3 is 0 Å². The molecule has 100 valence electrons. The molecule has 0 radical (unpaired) electrons. The molecule has 1 aliphatic rings. The summed E-state index contributed by atoms with van der Waals surface area (Å²) >= 11 is 0. The van der Waals surface area contributed by atoms with Crippen LogP contribution in [0.2, 0.25) is 0 Å². The summed E-state index contributed by atoms with van der Waals surface area (Å²) in [6.07, 6.45) is 9.19. The van der Waals surface area contributed by atoms with Crippen LogP contribution in [0.3, 0.4) is 0 Å². The van der Waals surface area contributed by atoms with Crippen LogP contribution >= 0.6 is 0 Å². The minimum atomic E-state index is 0.880. The minimum absolute atomic E-state index is 0.880. The molecule has 0 saturated carbocycles. The van der Waals surface area contributed by atoms with Gasteiger partial charge in [0.1, 0.15) is 0 Å². The number of likely N-dealkylation sites (tertiary alicyclic amines) is 1. The molecular formula is C16H31N. The van der Waals surface area contributed by atoms with E-state index >= 15 is 0 Å². The molecule has 1 rings (SSSR count). The van der Waals surface area contributed by atoms with E-state index in [1.807, 2.05) is 0 Å². The van der Waals surface area contributed by atoms with E-state index in [-0.39, 0.29) is 0 Å². The lowest BCUT2D eigenvalue weighted by atomic mass is 9.97. The SMILES string of the molecule is CC(C)=CCCC(C)CCN1CCC(C)CC1. The molecule has 0 aromatic carbocycles. The Morgan fingerprint density at radius 3 is 2.47 bits per heavy atom. The van der Waals surface area contributed by atoms with Gasteiger partial charge in [-0.1, -0.05) is 25.5 Å². The van der Waals surface area contributed by atoms with Crippen molar-refractivity contribution in [3.05, 3.63) is 11.6 Å². The molecule has 1 fully saturated rings. The topological polar surface area (TPSA) is 3.24 Å². The Balaban J connectivity index is 2.07. The fourth-order valence-corrected chi connectivity index (χ4v) is 2.49. The molecule has 1 unspecified atom stereocenters. The maximum absolute atomic E-state index is 2.66. The van der Waals surface area contributed by atoms with Crippen molar-refractivity contribution in [2.75, 3.05) is 19.6 Å². The van der Waals surface area contributed by atoms with E-state index in [4.69, 9.17) is 0 Å².